The van der Waals surface area contributed by atoms with Crippen molar-refractivity contribution in [2.75, 3.05) is 11.9 Å². The zero-order chi connectivity index (χ0) is 18.5. The normalized spacial score (nSPS) is 11.8. The van der Waals surface area contributed by atoms with Crippen molar-refractivity contribution in [2.24, 2.45) is 0 Å². The molecule has 0 bridgehead atoms. The Morgan fingerprint density at radius 1 is 1.08 bits per heavy atom. The summed E-state index contributed by atoms with van der Waals surface area (Å²) in [5.74, 6) is -0.873. The van der Waals surface area contributed by atoms with Gasteiger partial charge in [-0.25, -0.2) is 9.78 Å². The Bertz CT molecular complexity index is 600. The van der Waals surface area contributed by atoms with Crippen molar-refractivity contribution in [1.82, 2.24) is 4.98 Å². The lowest BCUT2D eigenvalue weighted by Gasteiger charge is -2.21. The van der Waals surface area contributed by atoms with Crippen molar-refractivity contribution in [3.8, 4) is 0 Å². The van der Waals surface area contributed by atoms with E-state index in [4.69, 9.17) is 9.47 Å². The molecule has 1 aromatic rings. The van der Waals surface area contributed by atoms with Crippen LogP contribution in [0.3, 0.4) is 0 Å². The van der Waals surface area contributed by atoms with E-state index >= 15 is 0 Å². The van der Waals surface area contributed by atoms with Crippen molar-refractivity contribution < 1.29 is 24.2 Å². The summed E-state index contributed by atoms with van der Waals surface area (Å²) in [4.78, 5) is 28.2. The topological polar surface area (TPSA) is 97.8 Å². The number of pyridine rings is 1. The van der Waals surface area contributed by atoms with Gasteiger partial charge < -0.3 is 19.9 Å². The number of esters is 2. The van der Waals surface area contributed by atoms with Gasteiger partial charge in [-0.3, -0.25) is 4.79 Å². The Balaban J connectivity index is 2.94. The zero-order valence-corrected chi connectivity index (χ0v) is 15.1. The number of nitrogens with zero attached hydrogens (tertiary/aromatic N) is 1. The highest BCUT2D eigenvalue weighted by Crippen LogP contribution is 2.19. The molecule has 0 atom stereocenters. The minimum Gasteiger partial charge on any atom is -0.459 e. The van der Waals surface area contributed by atoms with Crippen LogP contribution < -0.4 is 5.32 Å². The highest BCUT2D eigenvalue weighted by molar-refractivity contribution is 5.95. The summed E-state index contributed by atoms with van der Waals surface area (Å²) < 4.78 is 10.5. The van der Waals surface area contributed by atoms with Crippen molar-refractivity contribution in [1.29, 1.82) is 0 Å². The molecule has 1 heterocycles. The molecule has 0 aromatic carbocycles. The quantitative estimate of drug-likeness (QED) is 0.795. The van der Waals surface area contributed by atoms with E-state index in [2.05, 4.69) is 10.3 Å². The molecule has 1 rings (SSSR count). The molecule has 7 heteroatoms. The van der Waals surface area contributed by atoms with Gasteiger partial charge in [0.15, 0.2) is 0 Å². The maximum Gasteiger partial charge on any atom is 0.342 e. The largest absolute Gasteiger partial charge is 0.459 e. The van der Waals surface area contributed by atoms with Crippen LogP contribution in [-0.4, -0.2) is 39.8 Å². The van der Waals surface area contributed by atoms with E-state index in [-0.39, 0.29) is 24.5 Å². The van der Waals surface area contributed by atoms with Gasteiger partial charge in [0.1, 0.15) is 29.1 Å². The molecule has 0 spiro atoms. The van der Waals surface area contributed by atoms with Crippen LogP contribution in [0.25, 0.3) is 0 Å². The van der Waals surface area contributed by atoms with E-state index in [0.717, 1.165) is 0 Å². The highest BCUT2D eigenvalue weighted by Gasteiger charge is 2.22. The summed E-state index contributed by atoms with van der Waals surface area (Å²) >= 11 is 0. The molecule has 0 unspecified atom stereocenters. The predicted molar refractivity (Wildman–Crippen MR) is 89.7 cm³/mol. The number of anilines is 1. The first-order valence-corrected chi connectivity index (χ1v) is 7.71. The Hall–Kier alpha value is -2.15. The van der Waals surface area contributed by atoms with Crippen LogP contribution in [0.5, 0.6) is 0 Å². The summed E-state index contributed by atoms with van der Waals surface area (Å²) in [6, 6.07) is 3.03. The van der Waals surface area contributed by atoms with E-state index in [1.165, 1.54) is 12.1 Å². The van der Waals surface area contributed by atoms with Crippen molar-refractivity contribution >= 4 is 17.8 Å². The molecule has 0 amide bonds. The van der Waals surface area contributed by atoms with Gasteiger partial charge in [-0.2, -0.15) is 0 Å². The highest BCUT2D eigenvalue weighted by atomic mass is 16.6. The third-order valence-electron chi connectivity index (χ3n) is 2.55. The minimum atomic E-state index is -0.658. The Kier molecular flexibility index (Phi) is 6.31. The second-order valence-corrected chi connectivity index (χ2v) is 7.30. The lowest BCUT2D eigenvalue weighted by atomic mass is 10.1. The smallest absolute Gasteiger partial charge is 0.342 e. The summed E-state index contributed by atoms with van der Waals surface area (Å²) in [5, 5.41) is 12.0. The summed E-state index contributed by atoms with van der Waals surface area (Å²) in [7, 11) is 0. The number of nitrogens with one attached hydrogen (secondary N) is 1. The van der Waals surface area contributed by atoms with Crippen LogP contribution in [0.15, 0.2) is 12.1 Å². The fourth-order valence-electron chi connectivity index (χ4n) is 1.75. The molecular formula is C17H26N2O5. The van der Waals surface area contributed by atoms with Crippen LogP contribution in [0.2, 0.25) is 0 Å². The SMILES string of the molecule is CC(C)(C)OC(=O)CNc1nc(CO)ccc1C(=O)OC(C)(C)C. The summed E-state index contributed by atoms with van der Waals surface area (Å²) in [5.41, 5.74) is -0.706. The first-order valence-electron chi connectivity index (χ1n) is 7.71. The molecule has 7 nitrogen and oxygen atoms in total. The lowest BCUT2D eigenvalue weighted by Crippen LogP contribution is -2.29. The Morgan fingerprint density at radius 2 is 1.67 bits per heavy atom. The maximum absolute atomic E-state index is 12.3. The van der Waals surface area contributed by atoms with Crippen molar-refractivity contribution in [2.45, 2.75) is 59.4 Å². The average molecular weight is 338 g/mol. The number of rotatable bonds is 5. The zero-order valence-electron chi connectivity index (χ0n) is 15.1. The van der Waals surface area contributed by atoms with Gasteiger partial charge in [-0.05, 0) is 53.7 Å². The number of hydrogen-bond acceptors (Lipinski definition) is 7. The molecule has 0 aliphatic rings. The van der Waals surface area contributed by atoms with Crippen molar-refractivity contribution in [3.05, 3.63) is 23.4 Å². The molecule has 0 saturated carbocycles. The molecule has 1 aromatic heterocycles. The van der Waals surface area contributed by atoms with E-state index in [0.29, 0.717) is 5.69 Å². The van der Waals surface area contributed by atoms with Crippen LogP contribution in [-0.2, 0) is 20.9 Å². The molecule has 0 aliphatic heterocycles. The second-order valence-electron chi connectivity index (χ2n) is 7.30. The summed E-state index contributed by atoms with van der Waals surface area (Å²) in [6.45, 7) is 10.1. The predicted octanol–water partition coefficient (Wildman–Crippen LogP) is 2.28. The number of hydrogen-bond donors (Lipinski definition) is 2. The number of aliphatic hydroxyl groups excluding tert-OH is 1. The Morgan fingerprint density at radius 3 is 2.17 bits per heavy atom. The Labute approximate surface area is 142 Å². The molecule has 2 N–H and O–H groups in total. The first kappa shape index (κ1) is 19.9. The van der Waals surface area contributed by atoms with Gasteiger partial charge in [0, 0.05) is 0 Å². The molecule has 0 radical (unpaired) electrons. The van der Waals surface area contributed by atoms with E-state index < -0.39 is 23.1 Å². The molecule has 0 fully saturated rings. The van der Waals surface area contributed by atoms with Gasteiger partial charge >= 0.3 is 11.9 Å². The number of carbonyl (C=O) groups is 2. The van der Waals surface area contributed by atoms with Crippen LogP contribution in [0.1, 0.15) is 57.6 Å². The molecule has 0 saturated heterocycles. The van der Waals surface area contributed by atoms with Gasteiger partial charge in [0.25, 0.3) is 0 Å². The number of aliphatic hydroxyl groups is 1. The number of ether oxygens (including phenoxy) is 2. The minimum absolute atomic E-state index is 0.158. The van der Waals surface area contributed by atoms with E-state index in [1.807, 2.05) is 0 Å². The first-order chi connectivity index (χ1) is 10.9. The van der Waals surface area contributed by atoms with Gasteiger partial charge in [0.05, 0.1) is 12.3 Å². The maximum atomic E-state index is 12.3. The van der Waals surface area contributed by atoms with Crippen molar-refractivity contribution in [3.63, 3.8) is 0 Å². The van der Waals surface area contributed by atoms with Gasteiger partial charge in [0.2, 0.25) is 0 Å². The summed E-state index contributed by atoms with van der Waals surface area (Å²) in [6.07, 6.45) is 0. The van der Waals surface area contributed by atoms with Gasteiger partial charge in [-0.1, -0.05) is 0 Å². The fourth-order valence-corrected chi connectivity index (χ4v) is 1.75. The molecular weight excluding hydrogens is 312 g/mol. The number of aromatic nitrogens is 1. The molecule has 134 valence electrons. The standard InChI is InChI=1S/C17H26N2O5/c1-16(2,3)23-13(21)9-18-14-12(8-7-11(10-20)19-14)15(22)24-17(4,5)6/h7-8,20H,9-10H2,1-6H3,(H,18,19). The van der Waals surface area contributed by atoms with Crippen LogP contribution >= 0.6 is 0 Å². The van der Waals surface area contributed by atoms with Crippen LogP contribution in [0, 0.1) is 0 Å². The molecule has 0 aliphatic carbocycles. The third kappa shape index (κ3) is 6.95. The second kappa shape index (κ2) is 7.61. The monoisotopic (exact) mass is 338 g/mol. The van der Waals surface area contributed by atoms with E-state index in [9.17, 15) is 14.7 Å². The fraction of sp³-hybridized carbons (Fsp3) is 0.588. The third-order valence-corrected chi connectivity index (χ3v) is 2.55. The van der Waals surface area contributed by atoms with Gasteiger partial charge in [-0.15, -0.1) is 0 Å². The number of carbonyl (C=O) groups excluding carboxylic acids is 2. The average Bonchev–Trinajstić information content (AvgIpc) is 2.41. The lowest BCUT2D eigenvalue weighted by molar-refractivity contribution is -0.152. The van der Waals surface area contributed by atoms with Crippen LogP contribution in [0.4, 0.5) is 5.82 Å². The molecule has 24 heavy (non-hydrogen) atoms. The van der Waals surface area contributed by atoms with E-state index in [1.54, 1.807) is 41.5 Å².